The van der Waals surface area contributed by atoms with Crippen molar-refractivity contribution >= 4 is 17.5 Å². The molecule has 0 unspecified atom stereocenters. The Labute approximate surface area is 166 Å². The zero-order chi connectivity index (χ0) is 20.4. The molecule has 6 nitrogen and oxygen atoms in total. The summed E-state index contributed by atoms with van der Waals surface area (Å²) >= 11 is 0. The van der Waals surface area contributed by atoms with Crippen LogP contribution in [0.1, 0.15) is 29.6 Å². The highest BCUT2D eigenvalue weighted by Crippen LogP contribution is 2.33. The van der Waals surface area contributed by atoms with E-state index in [1.54, 1.807) is 18.3 Å². The number of carbonyl (C=O) groups is 2. The van der Waals surface area contributed by atoms with Crippen molar-refractivity contribution in [1.29, 1.82) is 0 Å². The second kappa shape index (κ2) is 8.14. The largest absolute Gasteiger partial charge is 0.476 e. The molecule has 8 heteroatoms. The lowest BCUT2D eigenvalue weighted by molar-refractivity contribution is -0.118. The molecule has 0 aliphatic carbocycles. The van der Waals surface area contributed by atoms with Crippen LogP contribution in [0.2, 0.25) is 0 Å². The van der Waals surface area contributed by atoms with Crippen LogP contribution in [0.25, 0.3) is 0 Å². The number of halogens is 2. The Balaban J connectivity index is 1.51. The number of rotatable bonds is 1. The SMILES string of the molecule is O=C1C[C@@H]2CCN(C(=O)c3c(F)cccc3F)C[C@@H]2CCOc2ncccc2N1. The van der Waals surface area contributed by atoms with Gasteiger partial charge in [0.05, 0.1) is 6.61 Å². The Hall–Kier alpha value is -3.03. The molecule has 29 heavy (non-hydrogen) atoms. The normalized spacial score (nSPS) is 22.0. The Morgan fingerprint density at radius 2 is 1.93 bits per heavy atom. The first-order valence-electron chi connectivity index (χ1n) is 9.64. The summed E-state index contributed by atoms with van der Waals surface area (Å²) in [7, 11) is 0. The van der Waals surface area contributed by atoms with Gasteiger partial charge in [0, 0.05) is 25.7 Å². The number of amides is 2. The predicted octanol–water partition coefficient (Wildman–Crippen LogP) is 3.25. The van der Waals surface area contributed by atoms with Crippen LogP contribution in [-0.2, 0) is 4.79 Å². The molecule has 2 aliphatic heterocycles. The number of piperidine rings is 1. The molecule has 0 bridgehead atoms. The molecule has 2 aliphatic rings. The summed E-state index contributed by atoms with van der Waals surface area (Å²) in [6, 6.07) is 6.85. The number of ether oxygens (including phenoxy) is 1. The van der Waals surface area contributed by atoms with E-state index in [-0.39, 0.29) is 17.7 Å². The van der Waals surface area contributed by atoms with Crippen molar-refractivity contribution in [2.24, 2.45) is 11.8 Å². The third kappa shape index (κ3) is 4.06. The summed E-state index contributed by atoms with van der Waals surface area (Å²) in [5.41, 5.74) is 0.0107. The number of fused-ring (bicyclic) bond motifs is 2. The minimum atomic E-state index is -0.867. The molecule has 0 spiro atoms. The van der Waals surface area contributed by atoms with Gasteiger partial charge < -0.3 is 15.0 Å². The highest BCUT2D eigenvalue weighted by Gasteiger charge is 2.35. The van der Waals surface area contributed by atoms with Gasteiger partial charge in [-0.1, -0.05) is 6.07 Å². The van der Waals surface area contributed by atoms with Crippen LogP contribution in [0.3, 0.4) is 0 Å². The summed E-state index contributed by atoms with van der Waals surface area (Å²) in [5, 5.41) is 2.83. The van der Waals surface area contributed by atoms with Gasteiger partial charge in [-0.25, -0.2) is 13.8 Å². The average molecular weight is 401 g/mol. The van der Waals surface area contributed by atoms with E-state index >= 15 is 0 Å². The maximum atomic E-state index is 14.0. The van der Waals surface area contributed by atoms with Gasteiger partial charge in [-0.2, -0.15) is 0 Å². The Morgan fingerprint density at radius 3 is 2.72 bits per heavy atom. The minimum absolute atomic E-state index is 0.0152. The number of hydrogen-bond donors (Lipinski definition) is 1. The molecule has 1 fully saturated rings. The molecule has 152 valence electrons. The van der Waals surface area contributed by atoms with Gasteiger partial charge in [0.2, 0.25) is 11.8 Å². The maximum absolute atomic E-state index is 14.0. The van der Waals surface area contributed by atoms with Crippen molar-refractivity contribution in [3.8, 4) is 5.88 Å². The van der Waals surface area contributed by atoms with Crippen LogP contribution < -0.4 is 10.1 Å². The first kappa shape index (κ1) is 19.3. The Morgan fingerprint density at radius 1 is 1.14 bits per heavy atom. The van der Waals surface area contributed by atoms with Crippen molar-refractivity contribution in [3.63, 3.8) is 0 Å². The van der Waals surface area contributed by atoms with Gasteiger partial charge >= 0.3 is 0 Å². The van der Waals surface area contributed by atoms with E-state index in [0.717, 1.165) is 12.1 Å². The number of aromatic nitrogens is 1. The number of likely N-dealkylation sites (tertiary alicyclic amines) is 1. The minimum Gasteiger partial charge on any atom is -0.476 e. The quantitative estimate of drug-likeness (QED) is 0.796. The lowest BCUT2D eigenvalue weighted by atomic mass is 9.80. The van der Waals surface area contributed by atoms with Gasteiger partial charge in [0.1, 0.15) is 22.9 Å². The van der Waals surface area contributed by atoms with Crippen molar-refractivity contribution in [1.82, 2.24) is 9.88 Å². The van der Waals surface area contributed by atoms with E-state index in [1.807, 2.05) is 0 Å². The number of carbonyl (C=O) groups excluding carboxylic acids is 2. The summed E-state index contributed by atoms with van der Waals surface area (Å²) in [6.45, 7) is 1.04. The van der Waals surface area contributed by atoms with Crippen LogP contribution in [0.15, 0.2) is 36.5 Å². The van der Waals surface area contributed by atoms with E-state index in [2.05, 4.69) is 10.3 Å². The van der Waals surface area contributed by atoms with E-state index in [0.29, 0.717) is 50.5 Å². The van der Waals surface area contributed by atoms with Crippen LogP contribution >= 0.6 is 0 Å². The molecular formula is C21H21F2N3O3. The van der Waals surface area contributed by atoms with E-state index < -0.39 is 23.1 Å². The number of nitrogens with one attached hydrogen (secondary N) is 1. The Kier molecular flexibility index (Phi) is 5.42. The van der Waals surface area contributed by atoms with Crippen LogP contribution in [0.5, 0.6) is 5.88 Å². The highest BCUT2D eigenvalue weighted by molar-refractivity contribution is 5.95. The van der Waals surface area contributed by atoms with Gasteiger partial charge in [0.25, 0.3) is 5.91 Å². The number of nitrogens with zero attached hydrogens (tertiary/aromatic N) is 2. The van der Waals surface area contributed by atoms with Gasteiger partial charge in [-0.05, 0) is 48.9 Å². The van der Waals surface area contributed by atoms with Gasteiger partial charge in [-0.15, -0.1) is 0 Å². The second-order valence-corrected chi connectivity index (χ2v) is 7.40. The number of anilines is 1. The molecule has 1 saturated heterocycles. The molecule has 4 rings (SSSR count). The lowest BCUT2D eigenvalue weighted by Gasteiger charge is -2.39. The summed E-state index contributed by atoms with van der Waals surface area (Å²) < 4.78 is 33.8. The fraction of sp³-hybridized carbons (Fsp3) is 0.381. The van der Waals surface area contributed by atoms with E-state index in [4.69, 9.17) is 4.74 Å². The molecule has 0 saturated carbocycles. The van der Waals surface area contributed by atoms with Crippen LogP contribution in [0, 0.1) is 23.5 Å². The van der Waals surface area contributed by atoms with Gasteiger partial charge in [0.15, 0.2) is 0 Å². The van der Waals surface area contributed by atoms with Crippen molar-refractivity contribution in [3.05, 3.63) is 53.7 Å². The Bertz CT molecular complexity index is 917. The summed E-state index contributed by atoms with van der Waals surface area (Å²) in [4.78, 5) is 30.8. The van der Waals surface area contributed by atoms with E-state index in [1.165, 1.54) is 11.0 Å². The van der Waals surface area contributed by atoms with Crippen molar-refractivity contribution < 1.29 is 23.1 Å². The smallest absolute Gasteiger partial charge is 0.259 e. The number of benzene rings is 1. The topological polar surface area (TPSA) is 71.5 Å². The second-order valence-electron chi connectivity index (χ2n) is 7.40. The zero-order valence-corrected chi connectivity index (χ0v) is 15.7. The first-order valence-corrected chi connectivity index (χ1v) is 9.64. The molecule has 1 aromatic heterocycles. The number of hydrogen-bond acceptors (Lipinski definition) is 4. The molecule has 2 amide bonds. The molecule has 0 radical (unpaired) electrons. The fourth-order valence-corrected chi connectivity index (χ4v) is 4.07. The van der Waals surface area contributed by atoms with Crippen molar-refractivity contribution in [2.75, 3.05) is 25.0 Å². The third-order valence-electron chi connectivity index (χ3n) is 5.58. The van der Waals surface area contributed by atoms with Crippen LogP contribution in [0.4, 0.5) is 14.5 Å². The first-order chi connectivity index (χ1) is 14.0. The van der Waals surface area contributed by atoms with Gasteiger partial charge in [-0.3, -0.25) is 9.59 Å². The lowest BCUT2D eigenvalue weighted by Crippen LogP contribution is -2.45. The molecule has 1 aromatic carbocycles. The van der Waals surface area contributed by atoms with Crippen molar-refractivity contribution in [2.45, 2.75) is 19.3 Å². The molecule has 1 N–H and O–H groups in total. The maximum Gasteiger partial charge on any atom is 0.259 e. The summed E-state index contributed by atoms with van der Waals surface area (Å²) in [6.07, 6.45) is 3.09. The molecule has 3 heterocycles. The molecule has 2 aromatic rings. The molecular weight excluding hydrogens is 380 g/mol. The highest BCUT2D eigenvalue weighted by atomic mass is 19.1. The van der Waals surface area contributed by atoms with E-state index in [9.17, 15) is 18.4 Å². The molecule has 2 atom stereocenters. The zero-order valence-electron chi connectivity index (χ0n) is 15.7. The standard InChI is InChI=1S/C21H21F2N3O3/c22-15-3-1-4-16(23)19(15)21(28)26-9-6-13-11-18(27)25-17-5-2-8-24-20(17)29-10-7-14(13)12-26/h1-5,8,13-14H,6-7,9-12H2,(H,25,27)/t13-,14-/m0/s1. The summed E-state index contributed by atoms with van der Waals surface area (Å²) in [5.74, 6) is -2.13. The monoisotopic (exact) mass is 401 g/mol. The predicted molar refractivity (Wildman–Crippen MR) is 101 cm³/mol. The average Bonchev–Trinajstić information content (AvgIpc) is 2.70. The number of pyridine rings is 1. The van der Waals surface area contributed by atoms with Crippen LogP contribution in [-0.4, -0.2) is 41.4 Å². The third-order valence-corrected chi connectivity index (χ3v) is 5.58. The fourth-order valence-electron chi connectivity index (χ4n) is 4.07.